The van der Waals surface area contributed by atoms with Crippen LogP contribution in [-0.4, -0.2) is 65.5 Å². The minimum atomic E-state index is -4.87. The molecule has 0 amide bonds. The smallest absolute Gasteiger partial charge is 0.440 e. The summed E-state index contributed by atoms with van der Waals surface area (Å²) in [6, 6.07) is 28.6. The van der Waals surface area contributed by atoms with Crippen molar-refractivity contribution in [3.05, 3.63) is 130 Å². The molecule has 2 heterocycles. The van der Waals surface area contributed by atoms with Crippen molar-refractivity contribution in [1.29, 1.82) is 0 Å². The van der Waals surface area contributed by atoms with Crippen LogP contribution in [-0.2, 0) is 27.9 Å². The minimum absolute atomic E-state index is 0.0937. The number of carbonyl (C=O) groups is 1. The van der Waals surface area contributed by atoms with Crippen molar-refractivity contribution < 1.29 is 46.8 Å². The van der Waals surface area contributed by atoms with E-state index in [1.54, 1.807) is 44.2 Å². The Bertz CT molecular complexity index is 2470. The fourth-order valence-electron chi connectivity index (χ4n) is 7.23. The van der Waals surface area contributed by atoms with Crippen molar-refractivity contribution in [2.75, 3.05) is 12.3 Å². The highest BCUT2D eigenvalue weighted by Crippen LogP contribution is 2.48. The third-order valence-corrected chi connectivity index (χ3v) is 16.0. The first-order valence-electron chi connectivity index (χ1n) is 19.2. The molecule has 6 rings (SSSR count). The number of hydrogen-bond donors (Lipinski definition) is 3. The molecule has 1 aliphatic heterocycles. The van der Waals surface area contributed by atoms with Gasteiger partial charge in [-0.3, -0.25) is 9.36 Å². The van der Waals surface area contributed by atoms with Gasteiger partial charge in [-0.15, -0.1) is 0 Å². The lowest BCUT2D eigenvalue weighted by atomic mass is 10.1. The molecule has 0 spiro atoms. The monoisotopic (exact) mass is 875 g/mol. The maximum atomic E-state index is 17.9. The molecule has 1 fully saturated rings. The maximum Gasteiger partial charge on any atom is 0.440 e. The lowest BCUT2D eigenvalue weighted by molar-refractivity contribution is -0.149. The van der Waals surface area contributed by atoms with E-state index in [9.17, 15) is 24.6 Å². The van der Waals surface area contributed by atoms with Gasteiger partial charge in [-0.1, -0.05) is 122 Å². The number of nitrogens with zero attached hydrogens (tertiary/aromatic N) is 5. The number of fused-ring (bicyclic) bond motifs is 1. The van der Waals surface area contributed by atoms with Gasteiger partial charge in [0.25, 0.3) is 8.32 Å². The Kier molecular flexibility index (Phi) is 13.4. The van der Waals surface area contributed by atoms with Crippen LogP contribution in [0.15, 0.2) is 119 Å². The summed E-state index contributed by atoms with van der Waals surface area (Å²) in [5.41, 5.74) is 12.4. The second kappa shape index (κ2) is 18.2. The summed E-state index contributed by atoms with van der Waals surface area (Å²) in [7, 11) is -8.47. The van der Waals surface area contributed by atoms with E-state index in [-0.39, 0.29) is 17.3 Å². The van der Waals surface area contributed by atoms with Gasteiger partial charge in [-0.2, -0.15) is 4.98 Å². The molecule has 4 N–H and O–H groups in total. The summed E-state index contributed by atoms with van der Waals surface area (Å²) < 4.78 is 61.9. The molecule has 5 aromatic rings. The number of hydrogen-bond acceptors (Lipinski definition) is 12. The van der Waals surface area contributed by atoms with E-state index >= 15 is 4.39 Å². The van der Waals surface area contributed by atoms with Crippen molar-refractivity contribution in [2.24, 2.45) is 5.11 Å². The molecular weight excluding hydrogens is 829 g/mol. The first kappa shape index (κ1) is 44.9. The summed E-state index contributed by atoms with van der Waals surface area (Å²) in [6.07, 6.45) is -4.73. The number of aromatic nitrogens is 2. The largest absolute Gasteiger partial charge is 0.486 e. The van der Waals surface area contributed by atoms with Crippen LogP contribution in [0.2, 0.25) is 5.04 Å². The van der Waals surface area contributed by atoms with E-state index in [0.717, 1.165) is 14.9 Å². The predicted molar refractivity (Wildman–Crippen MR) is 227 cm³/mol. The van der Waals surface area contributed by atoms with Crippen molar-refractivity contribution >= 4 is 49.0 Å². The lowest BCUT2D eigenvalue weighted by Gasteiger charge is -2.45. The summed E-state index contributed by atoms with van der Waals surface area (Å²) in [5.74, 6) is -1.29. The number of esters is 1. The van der Waals surface area contributed by atoms with Crippen molar-refractivity contribution in [2.45, 2.75) is 83.0 Å². The number of alkyl halides is 1. The lowest BCUT2D eigenvalue weighted by Crippen LogP contribution is -2.68. The highest BCUT2D eigenvalue weighted by Gasteiger charge is 2.62. The topological polar surface area (TPSA) is 231 Å². The second-order valence-corrected chi connectivity index (χ2v) is 21.4. The Morgan fingerprint density at radius 3 is 2.26 bits per heavy atom. The van der Waals surface area contributed by atoms with E-state index in [4.69, 9.17) is 33.9 Å². The molecule has 1 aliphatic rings. The van der Waals surface area contributed by atoms with Crippen LogP contribution < -0.4 is 36.5 Å². The van der Waals surface area contributed by atoms with Crippen molar-refractivity contribution in [3.63, 3.8) is 0 Å². The van der Waals surface area contributed by atoms with Gasteiger partial charge in [0.05, 0.1) is 6.10 Å². The number of anilines is 1. The summed E-state index contributed by atoms with van der Waals surface area (Å²) >= 11 is 0. The van der Waals surface area contributed by atoms with Gasteiger partial charge in [0.1, 0.15) is 24.6 Å². The van der Waals surface area contributed by atoms with Crippen molar-refractivity contribution in [3.8, 4) is 11.5 Å². The van der Waals surface area contributed by atoms with Crippen LogP contribution in [0.4, 0.5) is 10.2 Å². The molecule has 0 bridgehead atoms. The molecule has 0 aliphatic carbocycles. The minimum Gasteiger partial charge on any atom is -0.486 e. The first-order chi connectivity index (χ1) is 28.9. The number of azide groups is 1. The molecule has 1 saturated heterocycles. The highest BCUT2D eigenvalue weighted by molar-refractivity contribution is 7.50. The summed E-state index contributed by atoms with van der Waals surface area (Å²) in [4.78, 5) is 48.8. The number of halogens is 1. The molecule has 6 atom stereocenters. The van der Waals surface area contributed by atoms with Gasteiger partial charge in [-0.25, -0.2) is 18.8 Å². The third-order valence-electron chi connectivity index (χ3n) is 9.96. The van der Waals surface area contributed by atoms with E-state index in [0.29, 0.717) is 10.8 Å². The van der Waals surface area contributed by atoms with E-state index < -0.39 is 75.7 Å². The van der Waals surface area contributed by atoms with Gasteiger partial charge in [0.2, 0.25) is 11.5 Å². The normalized spacial score (nSPS) is 20.7. The molecule has 1 aromatic heterocycles. The molecule has 4 aromatic carbocycles. The third kappa shape index (κ3) is 9.49. The quantitative estimate of drug-likeness (QED) is 0.0146. The van der Waals surface area contributed by atoms with Crippen LogP contribution in [0, 0.1) is 0 Å². The molecule has 20 heteroatoms. The van der Waals surface area contributed by atoms with Gasteiger partial charge in [0.15, 0.2) is 18.1 Å². The zero-order valence-corrected chi connectivity index (χ0v) is 36.1. The average molecular weight is 876 g/mol. The Labute approximate surface area is 351 Å². The second-order valence-electron chi connectivity index (χ2n) is 15.6. The number of rotatable bonds is 16. The molecule has 322 valence electrons. The Hall–Kier alpha value is -5.62. The number of carbonyl (C=O) groups excluding carboxylic acids is 1. The number of nitrogens with one attached hydrogen (secondary N) is 1. The van der Waals surface area contributed by atoms with E-state index in [1.165, 1.54) is 25.3 Å². The Morgan fingerprint density at radius 2 is 1.67 bits per heavy atom. The maximum absolute atomic E-state index is 17.9. The van der Waals surface area contributed by atoms with Crippen LogP contribution in [0.25, 0.3) is 21.2 Å². The number of nitrogens with two attached hydrogens (primary N) is 1. The molecule has 0 radical (unpaired) electrons. The molecule has 17 nitrogen and oxygen atoms in total. The number of ether oxygens (including phenoxy) is 3. The number of benzene rings is 4. The average Bonchev–Trinajstić information content (AvgIpc) is 3.47. The van der Waals surface area contributed by atoms with Crippen LogP contribution in [0.5, 0.6) is 11.5 Å². The predicted octanol–water partition coefficient (Wildman–Crippen LogP) is 6.22. The van der Waals surface area contributed by atoms with Crippen LogP contribution in [0.1, 0.15) is 47.8 Å². The van der Waals surface area contributed by atoms with Gasteiger partial charge in [-0.05, 0) is 59.2 Å². The molecular formula is C41H47FN7O10PSi. The Balaban J connectivity index is 1.41. The van der Waals surface area contributed by atoms with Crippen LogP contribution in [0.3, 0.4) is 0 Å². The van der Waals surface area contributed by atoms with Crippen LogP contribution >= 0.6 is 7.75 Å². The zero-order chi connectivity index (χ0) is 44.2. The number of nitrogen functional groups attached to an aromatic ring is 1. The molecule has 61 heavy (non-hydrogen) atoms. The van der Waals surface area contributed by atoms with Gasteiger partial charge >= 0.3 is 19.4 Å². The van der Waals surface area contributed by atoms with Gasteiger partial charge in [0, 0.05) is 16.5 Å². The van der Waals surface area contributed by atoms with Gasteiger partial charge < -0.3 is 34.2 Å². The first-order valence-corrected chi connectivity index (χ1v) is 22.7. The summed E-state index contributed by atoms with van der Waals surface area (Å²) in [6.45, 7) is 9.67. The SMILES string of the molecule is CC(C)OC(=O)[C@H](C)NP(=O)(O)OOc1c(OC[C@@]2(N=[N+]=[N-])O[C@@H](n3ccc(N)nc3=O)[C@H](O[Si](c3ccccc3)(c3ccccc3)C(C)(C)C)[C@@H]2F)ccc2ccccc12. The van der Waals surface area contributed by atoms with Crippen molar-refractivity contribution in [1.82, 2.24) is 14.6 Å². The zero-order valence-electron chi connectivity index (χ0n) is 34.2. The highest BCUT2D eigenvalue weighted by atomic mass is 31.2. The summed E-state index contributed by atoms with van der Waals surface area (Å²) in [5, 5.41) is 7.82. The Morgan fingerprint density at radius 1 is 1.05 bits per heavy atom. The van der Waals surface area contributed by atoms with E-state index in [2.05, 4.69) is 20.1 Å². The van der Waals surface area contributed by atoms with E-state index in [1.807, 2.05) is 81.4 Å². The standard InChI is InChI=1S/C41H47FN7O10PSi/c1-26(2)55-38(50)27(3)46-60(52,53)59-57-34-31-20-14-13-15-28(31)21-22-32(34)54-25-41(47-48-44)36(42)35(37(56-41)49-24-23-33(43)45-39(49)51)58-61(40(4,5)6,29-16-9-7-10-17-29)30-18-11-8-12-19-30/h7-24,26-27,35-37H,25H2,1-6H3,(H2,43,45,51)(H2,46,52,53)/t27-,35+,36-,37+,41+/m0/s1. The fraction of sp³-hybridized carbons (Fsp3) is 0.341. The fourth-order valence-corrected chi connectivity index (χ4v) is 12.7. The molecule has 1 unspecified atom stereocenters. The molecule has 0 saturated carbocycles.